The van der Waals surface area contributed by atoms with Crippen molar-refractivity contribution in [1.29, 1.82) is 0 Å². The molecule has 1 aliphatic heterocycles. The van der Waals surface area contributed by atoms with Crippen molar-refractivity contribution in [2.24, 2.45) is 0 Å². The maximum atomic E-state index is 12.8. The van der Waals surface area contributed by atoms with Crippen LogP contribution in [0.1, 0.15) is 37.8 Å². The third-order valence-electron chi connectivity index (χ3n) is 4.77. The van der Waals surface area contributed by atoms with Crippen LogP contribution >= 0.6 is 0 Å². The molecule has 150 valence electrons. The number of nitrogens with zero attached hydrogens (tertiary/aromatic N) is 1. The van der Waals surface area contributed by atoms with Crippen molar-refractivity contribution in [3.63, 3.8) is 0 Å². The number of amides is 1. The Hall–Kier alpha value is -2.54. The van der Waals surface area contributed by atoms with Crippen LogP contribution in [0.15, 0.2) is 41.3 Å². The molecule has 2 aromatic carbocycles. The minimum atomic E-state index is -3.72. The first-order valence-electron chi connectivity index (χ1n) is 9.55. The van der Waals surface area contributed by atoms with Crippen molar-refractivity contribution in [3.8, 4) is 5.75 Å². The number of rotatable bonds is 7. The van der Waals surface area contributed by atoms with Gasteiger partial charge in [-0.1, -0.05) is 6.92 Å². The molecule has 3 rings (SSSR count). The first kappa shape index (κ1) is 20.2. The largest absolute Gasteiger partial charge is 0.493 e. The molecule has 0 spiro atoms. The molecule has 1 heterocycles. The molecule has 6 nitrogen and oxygen atoms in total. The summed E-state index contributed by atoms with van der Waals surface area (Å²) >= 11 is 0. The van der Waals surface area contributed by atoms with Crippen LogP contribution in [0.2, 0.25) is 0 Å². The molecular weight excluding hydrogens is 376 g/mol. The number of hydrogen-bond acceptors (Lipinski definition) is 4. The van der Waals surface area contributed by atoms with E-state index < -0.39 is 10.0 Å². The van der Waals surface area contributed by atoms with Crippen molar-refractivity contribution in [3.05, 3.63) is 47.5 Å². The Kier molecular flexibility index (Phi) is 5.93. The Morgan fingerprint density at radius 2 is 1.89 bits per heavy atom. The average molecular weight is 403 g/mol. The lowest BCUT2D eigenvalue weighted by Gasteiger charge is -2.28. The van der Waals surface area contributed by atoms with Gasteiger partial charge in [-0.2, -0.15) is 0 Å². The number of anilines is 2. The lowest BCUT2D eigenvalue weighted by atomic mass is 10.0. The van der Waals surface area contributed by atoms with E-state index in [1.165, 1.54) is 0 Å². The van der Waals surface area contributed by atoms with Gasteiger partial charge in [-0.15, -0.1) is 0 Å². The number of benzene rings is 2. The molecule has 0 aromatic heterocycles. The Bertz CT molecular complexity index is 986. The van der Waals surface area contributed by atoms with Gasteiger partial charge in [0.05, 0.1) is 11.5 Å². The zero-order chi connectivity index (χ0) is 20.3. The third-order valence-corrected chi connectivity index (χ3v) is 6.15. The van der Waals surface area contributed by atoms with E-state index in [9.17, 15) is 13.2 Å². The molecule has 0 saturated heterocycles. The van der Waals surface area contributed by atoms with Crippen molar-refractivity contribution in [2.45, 2.75) is 44.9 Å². The fraction of sp³-hybridized carbons (Fsp3) is 0.381. The normalized spacial score (nSPS) is 14.0. The minimum Gasteiger partial charge on any atom is -0.493 e. The topological polar surface area (TPSA) is 75.7 Å². The molecular formula is C21H26N2O4S. The summed E-state index contributed by atoms with van der Waals surface area (Å²) in [5.74, 6) is 0.795. The lowest BCUT2D eigenvalue weighted by Crippen LogP contribution is -2.34. The van der Waals surface area contributed by atoms with Crippen LogP contribution in [-0.4, -0.2) is 27.5 Å². The van der Waals surface area contributed by atoms with Crippen molar-refractivity contribution in [2.75, 3.05) is 22.8 Å². The number of carbonyl (C=O) groups excluding carboxylic acids is 1. The number of carbonyl (C=O) groups is 1. The van der Waals surface area contributed by atoms with E-state index in [-0.39, 0.29) is 10.8 Å². The molecule has 1 aliphatic rings. The molecule has 1 amide bonds. The molecule has 2 aromatic rings. The van der Waals surface area contributed by atoms with Gasteiger partial charge in [0.15, 0.2) is 0 Å². The third kappa shape index (κ3) is 4.14. The summed E-state index contributed by atoms with van der Waals surface area (Å²) in [4.78, 5) is 13.9. The lowest BCUT2D eigenvalue weighted by molar-refractivity contribution is -0.118. The van der Waals surface area contributed by atoms with Gasteiger partial charge < -0.3 is 9.64 Å². The van der Waals surface area contributed by atoms with Crippen LogP contribution in [0.3, 0.4) is 0 Å². The highest BCUT2D eigenvalue weighted by Gasteiger charge is 2.24. The second-order valence-corrected chi connectivity index (χ2v) is 8.55. The maximum absolute atomic E-state index is 12.8. The molecule has 0 bridgehead atoms. The first-order valence-corrected chi connectivity index (χ1v) is 11.0. The summed E-state index contributed by atoms with van der Waals surface area (Å²) in [5.41, 5.74) is 3.10. The molecule has 28 heavy (non-hydrogen) atoms. The zero-order valence-electron chi connectivity index (χ0n) is 16.5. The smallest absolute Gasteiger partial charge is 0.261 e. The van der Waals surface area contributed by atoms with Crippen LogP contribution in [0, 0.1) is 6.92 Å². The number of sulfonamides is 1. The van der Waals surface area contributed by atoms with Gasteiger partial charge in [0.1, 0.15) is 5.75 Å². The van der Waals surface area contributed by atoms with E-state index in [0.29, 0.717) is 37.4 Å². The van der Waals surface area contributed by atoms with Crippen molar-refractivity contribution in [1.82, 2.24) is 0 Å². The SMILES string of the molecule is CCCOc1ccc(S(=O)(=O)Nc2ccc3c(c2)CCC(=O)N3CC)cc1C. The number of aryl methyl sites for hydroxylation is 2. The maximum Gasteiger partial charge on any atom is 0.261 e. The number of ether oxygens (including phenoxy) is 1. The van der Waals surface area contributed by atoms with E-state index in [1.54, 1.807) is 35.2 Å². The molecule has 0 radical (unpaired) electrons. The molecule has 0 atom stereocenters. The summed E-state index contributed by atoms with van der Waals surface area (Å²) in [7, 11) is -3.72. The molecule has 1 N–H and O–H groups in total. The predicted octanol–water partition coefficient (Wildman–Crippen LogP) is 3.88. The van der Waals surface area contributed by atoms with E-state index in [4.69, 9.17) is 4.74 Å². The van der Waals surface area contributed by atoms with Gasteiger partial charge in [-0.3, -0.25) is 9.52 Å². The Balaban J connectivity index is 1.83. The fourth-order valence-electron chi connectivity index (χ4n) is 3.35. The highest BCUT2D eigenvalue weighted by atomic mass is 32.2. The molecule has 0 aliphatic carbocycles. The Morgan fingerprint density at radius 1 is 1.11 bits per heavy atom. The number of hydrogen-bond donors (Lipinski definition) is 1. The van der Waals surface area contributed by atoms with Crippen LogP contribution in [0.25, 0.3) is 0 Å². The van der Waals surface area contributed by atoms with Crippen LogP contribution in [0.5, 0.6) is 5.75 Å². The van der Waals surface area contributed by atoms with Gasteiger partial charge in [0.25, 0.3) is 10.0 Å². The zero-order valence-corrected chi connectivity index (χ0v) is 17.3. The molecule has 0 unspecified atom stereocenters. The van der Waals surface area contributed by atoms with E-state index >= 15 is 0 Å². The summed E-state index contributed by atoms with van der Waals surface area (Å²) < 4.78 is 33.9. The number of fused-ring (bicyclic) bond motifs is 1. The van der Waals surface area contributed by atoms with Crippen molar-refractivity contribution >= 4 is 27.3 Å². The van der Waals surface area contributed by atoms with Gasteiger partial charge >= 0.3 is 0 Å². The van der Waals surface area contributed by atoms with Gasteiger partial charge in [0, 0.05) is 24.3 Å². The van der Waals surface area contributed by atoms with E-state index in [0.717, 1.165) is 23.2 Å². The molecule has 0 fully saturated rings. The molecule has 7 heteroatoms. The van der Waals surface area contributed by atoms with Gasteiger partial charge in [0.2, 0.25) is 5.91 Å². The standard InChI is InChI=1S/C21H26N2O4S/c1-4-12-27-20-10-8-18(13-15(20)3)28(25,26)22-17-7-9-19-16(14-17)6-11-21(24)23(19)5-2/h7-10,13-14,22H,4-6,11-12H2,1-3H3. The summed E-state index contributed by atoms with van der Waals surface area (Å²) in [6.45, 7) is 6.98. The van der Waals surface area contributed by atoms with E-state index in [1.807, 2.05) is 26.8 Å². The summed E-state index contributed by atoms with van der Waals surface area (Å²) in [6.07, 6.45) is 1.94. The van der Waals surface area contributed by atoms with Gasteiger partial charge in [-0.25, -0.2) is 8.42 Å². The second kappa shape index (κ2) is 8.22. The van der Waals surface area contributed by atoms with Gasteiger partial charge in [-0.05, 0) is 74.2 Å². The number of nitrogens with one attached hydrogen (secondary N) is 1. The predicted molar refractivity (Wildman–Crippen MR) is 111 cm³/mol. The average Bonchev–Trinajstić information content (AvgIpc) is 2.66. The Morgan fingerprint density at radius 3 is 2.57 bits per heavy atom. The quantitative estimate of drug-likeness (QED) is 0.762. The van der Waals surface area contributed by atoms with Crippen LogP contribution in [-0.2, 0) is 21.2 Å². The monoisotopic (exact) mass is 402 g/mol. The molecule has 0 saturated carbocycles. The van der Waals surface area contributed by atoms with Crippen LogP contribution < -0.4 is 14.4 Å². The highest BCUT2D eigenvalue weighted by Crippen LogP contribution is 2.31. The summed E-state index contributed by atoms with van der Waals surface area (Å²) in [5, 5.41) is 0. The highest BCUT2D eigenvalue weighted by molar-refractivity contribution is 7.92. The van der Waals surface area contributed by atoms with Crippen molar-refractivity contribution < 1.29 is 17.9 Å². The first-order chi connectivity index (χ1) is 13.4. The van der Waals surface area contributed by atoms with E-state index in [2.05, 4.69) is 4.72 Å². The minimum absolute atomic E-state index is 0.101. The Labute approximate surface area is 166 Å². The second-order valence-electron chi connectivity index (χ2n) is 6.86. The summed E-state index contributed by atoms with van der Waals surface area (Å²) in [6, 6.07) is 10.2. The fourth-order valence-corrected chi connectivity index (χ4v) is 4.48. The van der Waals surface area contributed by atoms with Crippen LogP contribution in [0.4, 0.5) is 11.4 Å².